The maximum absolute atomic E-state index is 11.3. The van der Waals surface area contributed by atoms with E-state index in [-0.39, 0.29) is 5.91 Å². The highest BCUT2D eigenvalue weighted by molar-refractivity contribution is 5.77. The van der Waals surface area contributed by atoms with E-state index < -0.39 is 0 Å². The fourth-order valence-corrected chi connectivity index (χ4v) is 1.38. The number of hydrogen-bond donors (Lipinski definition) is 2. The normalized spacial score (nSPS) is 10.5. The Hall–Kier alpha value is -1.40. The van der Waals surface area contributed by atoms with Gasteiger partial charge in [-0.3, -0.25) is 9.48 Å². The largest absolute Gasteiger partial charge is 0.383 e. The summed E-state index contributed by atoms with van der Waals surface area (Å²) in [7, 11) is 3.51. The number of rotatable bonds is 7. The Kier molecular flexibility index (Phi) is 5.65. The quantitative estimate of drug-likeness (QED) is 0.635. The van der Waals surface area contributed by atoms with Gasteiger partial charge >= 0.3 is 0 Å². The van der Waals surface area contributed by atoms with E-state index >= 15 is 0 Å². The fraction of sp³-hybridized carbons (Fsp3) is 0.636. The third-order valence-corrected chi connectivity index (χ3v) is 2.57. The maximum atomic E-state index is 11.3. The first-order chi connectivity index (χ1) is 8.15. The molecule has 6 nitrogen and oxygen atoms in total. The lowest BCUT2D eigenvalue weighted by molar-refractivity contribution is -0.120. The summed E-state index contributed by atoms with van der Waals surface area (Å²) in [6.07, 6.45) is 1.81. The van der Waals surface area contributed by atoms with Crippen molar-refractivity contribution in [3.05, 3.63) is 17.5 Å². The fourth-order valence-electron chi connectivity index (χ4n) is 1.38. The van der Waals surface area contributed by atoms with Crippen molar-refractivity contribution in [1.29, 1.82) is 0 Å². The van der Waals surface area contributed by atoms with E-state index in [2.05, 4.69) is 15.7 Å². The number of methoxy groups -OCH3 is 1. The topological polar surface area (TPSA) is 68.2 Å². The Balaban J connectivity index is 2.19. The van der Waals surface area contributed by atoms with Crippen molar-refractivity contribution in [3.8, 4) is 0 Å². The van der Waals surface area contributed by atoms with Gasteiger partial charge in [-0.1, -0.05) is 0 Å². The van der Waals surface area contributed by atoms with Crippen molar-refractivity contribution < 1.29 is 9.53 Å². The van der Waals surface area contributed by atoms with Gasteiger partial charge in [0.25, 0.3) is 0 Å². The van der Waals surface area contributed by atoms with Crippen LogP contribution in [0.25, 0.3) is 0 Å². The van der Waals surface area contributed by atoms with Crippen LogP contribution in [0.15, 0.2) is 6.20 Å². The molecule has 1 aromatic rings. The van der Waals surface area contributed by atoms with Crippen molar-refractivity contribution in [3.63, 3.8) is 0 Å². The van der Waals surface area contributed by atoms with Crippen LogP contribution in [0.3, 0.4) is 0 Å². The molecule has 1 rings (SSSR count). The second-order valence-electron chi connectivity index (χ2n) is 3.83. The lowest BCUT2D eigenvalue weighted by Crippen LogP contribution is -2.35. The van der Waals surface area contributed by atoms with E-state index in [1.807, 2.05) is 24.9 Å². The van der Waals surface area contributed by atoms with Gasteiger partial charge in [-0.05, 0) is 6.92 Å². The number of carbonyl (C=O) groups excluding carboxylic acids is 1. The molecule has 0 saturated carbocycles. The lowest BCUT2D eigenvalue weighted by Gasteiger charge is -2.06. The average molecular weight is 240 g/mol. The molecule has 0 unspecified atom stereocenters. The number of aromatic nitrogens is 2. The van der Waals surface area contributed by atoms with E-state index in [1.165, 1.54) is 0 Å². The SMILES string of the molecule is COCCNC(=O)CNCc1cnn(C)c1C. The van der Waals surface area contributed by atoms with E-state index in [0.717, 1.165) is 11.3 Å². The van der Waals surface area contributed by atoms with Crippen LogP contribution in [-0.2, 0) is 23.1 Å². The molecule has 0 spiro atoms. The minimum Gasteiger partial charge on any atom is -0.383 e. The number of amides is 1. The summed E-state index contributed by atoms with van der Waals surface area (Å²) >= 11 is 0. The molecule has 0 radical (unpaired) electrons. The third kappa shape index (κ3) is 4.54. The van der Waals surface area contributed by atoms with E-state index in [1.54, 1.807) is 7.11 Å². The molecule has 6 heteroatoms. The predicted molar refractivity (Wildman–Crippen MR) is 64.5 cm³/mol. The van der Waals surface area contributed by atoms with Crippen molar-refractivity contribution in [2.45, 2.75) is 13.5 Å². The van der Waals surface area contributed by atoms with Gasteiger partial charge in [-0.2, -0.15) is 5.10 Å². The Morgan fingerprint density at radius 2 is 2.35 bits per heavy atom. The third-order valence-electron chi connectivity index (χ3n) is 2.57. The first kappa shape index (κ1) is 13.7. The number of carbonyl (C=O) groups is 1. The van der Waals surface area contributed by atoms with Gasteiger partial charge in [-0.25, -0.2) is 0 Å². The van der Waals surface area contributed by atoms with Gasteiger partial charge in [0.05, 0.1) is 19.3 Å². The molecule has 1 amide bonds. The molecular formula is C11H20N4O2. The van der Waals surface area contributed by atoms with Crippen molar-refractivity contribution in [2.75, 3.05) is 26.8 Å². The van der Waals surface area contributed by atoms with Crippen molar-refractivity contribution >= 4 is 5.91 Å². The zero-order valence-corrected chi connectivity index (χ0v) is 10.6. The molecule has 2 N–H and O–H groups in total. The zero-order chi connectivity index (χ0) is 12.7. The summed E-state index contributed by atoms with van der Waals surface area (Å²) in [4.78, 5) is 11.3. The molecular weight excluding hydrogens is 220 g/mol. The minimum absolute atomic E-state index is 0.0245. The molecule has 0 atom stereocenters. The number of aryl methyl sites for hydroxylation is 1. The van der Waals surface area contributed by atoms with Gasteiger partial charge in [-0.15, -0.1) is 0 Å². The first-order valence-electron chi connectivity index (χ1n) is 5.59. The van der Waals surface area contributed by atoms with Crippen LogP contribution in [-0.4, -0.2) is 42.5 Å². The van der Waals surface area contributed by atoms with Gasteiger partial charge in [0.2, 0.25) is 5.91 Å². The summed E-state index contributed by atoms with van der Waals surface area (Å²) in [6, 6.07) is 0. The molecule has 0 bridgehead atoms. The highest BCUT2D eigenvalue weighted by Gasteiger charge is 2.04. The van der Waals surface area contributed by atoms with Crippen LogP contribution in [0.4, 0.5) is 0 Å². The van der Waals surface area contributed by atoms with Crippen LogP contribution in [0.5, 0.6) is 0 Å². The zero-order valence-electron chi connectivity index (χ0n) is 10.6. The van der Waals surface area contributed by atoms with Gasteiger partial charge in [0, 0.05) is 38.5 Å². The highest BCUT2D eigenvalue weighted by atomic mass is 16.5. The molecule has 0 saturated heterocycles. The monoisotopic (exact) mass is 240 g/mol. The number of nitrogens with zero attached hydrogens (tertiary/aromatic N) is 2. The van der Waals surface area contributed by atoms with E-state index in [0.29, 0.717) is 26.2 Å². The molecule has 0 aliphatic heterocycles. The summed E-state index contributed by atoms with van der Waals surface area (Å²) in [5.41, 5.74) is 2.22. The maximum Gasteiger partial charge on any atom is 0.234 e. The van der Waals surface area contributed by atoms with Gasteiger partial charge in [0.15, 0.2) is 0 Å². The van der Waals surface area contributed by atoms with E-state index in [9.17, 15) is 4.79 Å². The van der Waals surface area contributed by atoms with E-state index in [4.69, 9.17) is 4.74 Å². The smallest absolute Gasteiger partial charge is 0.234 e. The summed E-state index contributed by atoms with van der Waals surface area (Å²) in [5, 5.41) is 9.95. The summed E-state index contributed by atoms with van der Waals surface area (Å²) in [6.45, 7) is 4.04. The minimum atomic E-state index is -0.0245. The first-order valence-corrected chi connectivity index (χ1v) is 5.59. The molecule has 0 fully saturated rings. The lowest BCUT2D eigenvalue weighted by atomic mass is 10.2. The van der Waals surface area contributed by atoms with Crippen LogP contribution in [0.1, 0.15) is 11.3 Å². The standard InChI is InChI=1S/C11H20N4O2/c1-9-10(7-14-15(9)2)6-12-8-11(16)13-4-5-17-3/h7,12H,4-6,8H2,1-3H3,(H,13,16). The van der Waals surface area contributed by atoms with Crippen LogP contribution >= 0.6 is 0 Å². The number of ether oxygens (including phenoxy) is 1. The molecule has 17 heavy (non-hydrogen) atoms. The van der Waals surface area contributed by atoms with Crippen LogP contribution in [0.2, 0.25) is 0 Å². The Labute approximate surface area is 101 Å². The van der Waals surface area contributed by atoms with Crippen molar-refractivity contribution in [1.82, 2.24) is 20.4 Å². The summed E-state index contributed by atoms with van der Waals surface area (Å²) < 4.78 is 6.65. The number of hydrogen-bond acceptors (Lipinski definition) is 4. The Morgan fingerprint density at radius 1 is 1.59 bits per heavy atom. The Morgan fingerprint density at radius 3 is 2.94 bits per heavy atom. The highest BCUT2D eigenvalue weighted by Crippen LogP contribution is 2.03. The molecule has 0 aliphatic carbocycles. The molecule has 0 aromatic carbocycles. The number of nitrogens with one attached hydrogen (secondary N) is 2. The molecule has 0 aliphatic rings. The second kappa shape index (κ2) is 7.03. The average Bonchev–Trinajstić information content (AvgIpc) is 2.61. The van der Waals surface area contributed by atoms with Gasteiger partial charge in [0.1, 0.15) is 0 Å². The van der Waals surface area contributed by atoms with Crippen molar-refractivity contribution in [2.24, 2.45) is 7.05 Å². The predicted octanol–water partition coefficient (Wildman–Crippen LogP) is -0.419. The van der Waals surface area contributed by atoms with Crippen LogP contribution in [0, 0.1) is 6.92 Å². The summed E-state index contributed by atoms with van der Waals surface area (Å²) in [5.74, 6) is -0.0245. The molecule has 1 aromatic heterocycles. The molecule has 96 valence electrons. The second-order valence-corrected chi connectivity index (χ2v) is 3.83. The Bertz CT molecular complexity index is 362. The van der Waals surface area contributed by atoms with Gasteiger partial charge < -0.3 is 15.4 Å². The van der Waals surface area contributed by atoms with Crippen LogP contribution < -0.4 is 10.6 Å². The molecule has 1 heterocycles.